The summed E-state index contributed by atoms with van der Waals surface area (Å²) in [7, 11) is 0. The van der Waals surface area contributed by atoms with Crippen LogP contribution in [0.5, 0.6) is 5.75 Å². The van der Waals surface area contributed by atoms with Crippen LogP contribution in [0.1, 0.15) is 73.8 Å². The molecular weight excluding hydrogens is 502 g/mol. The number of benzene rings is 2. The van der Waals surface area contributed by atoms with E-state index in [0.29, 0.717) is 17.7 Å². The molecule has 0 aliphatic heterocycles. The number of nitrogens with zero attached hydrogens (tertiary/aromatic N) is 1. The third-order valence-corrected chi connectivity index (χ3v) is 6.19. The number of nitrogens with two attached hydrogens (primary N) is 1. The third-order valence-electron chi connectivity index (χ3n) is 6.19. The fraction of sp³-hybridized carbons (Fsp3) is 0.517. The summed E-state index contributed by atoms with van der Waals surface area (Å²) in [5.74, 6) is -0.567. The van der Waals surface area contributed by atoms with Gasteiger partial charge in [0.15, 0.2) is 0 Å². The molecule has 0 bridgehead atoms. The molecule has 0 aromatic heterocycles. The molecule has 0 aliphatic carbocycles. The lowest BCUT2D eigenvalue weighted by Crippen LogP contribution is -2.36. The van der Waals surface area contributed by atoms with Crippen LogP contribution in [-0.4, -0.2) is 58.7 Å². The minimum absolute atomic E-state index is 0.0299. The SMILES string of the molecule is CC(=O)ON(Cc1cccc(CCCCOCCCCCCNC[C@H](O)c2ccc(O)c(CO)c2)c1)C(N)=O. The van der Waals surface area contributed by atoms with Crippen molar-refractivity contribution in [2.24, 2.45) is 5.73 Å². The van der Waals surface area contributed by atoms with Crippen molar-refractivity contribution in [3.05, 3.63) is 64.7 Å². The lowest BCUT2D eigenvalue weighted by Gasteiger charge is -2.18. The molecule has 0 spiro atoms. The predicted molar refractivity (Wildman–Crippen MR) is 147 cm³/mol. The summed E-state index contributed by atoms with van der Waals surface area (Å²) in [5, 5.41) is 33.2. The van der Waals surface area contributed by atoms with Gasteiger partial charge in [-0.3, -0.25) is 4.79 Å². The van der Waals surface area contributed by atoms with Gasteiger partial charge in [-0.1, -0.05) is 43.2 Å². The molecule has 2 aromatic carbocycles. The number of nitrogens with one attached hydrogen (secondary N) is 1. The van der Waals surface area contributed by atoms with E-state index in [1.165, 1.54) is 13.0 Å². The van der Waals surface area contributed by atoms with Crippen molar-refractivity contribution < 1.29 is 34.5 Å². The number of aryl methyl sites for hydroxylation is 1. The number of rotatable bonds is 18. The van der Waals surface area contributed by atoms with E-state index in [1.807, 2.05) is 24.3 Å². The zero-order valence-corrected chi connectivity index (χ0v) is 22.8. The Labute approximate surface area is 230 Å². The molecule has 2 rings (SSSR count). The predicted octanol–water partition coefficient (Wildman–Crippen LogP) is 3.47. The number of ether oxygens (including phenoxy) is 1. The fourth-order valence-electron chi connectivity index (χ4n) is 4.10. The minimum atomic E-state index is -0.815. The van der Waals surface area contributed by atoms with E-state index in [-0.39, 0.29) is 18.9 Å². The maximum Gasteiger partial charge on any atom is 0.348 e. The average Bonchev–Trinajstić information content (AvgIpc) is 2.91. The molecule has 2 amide bonds. The van der Waals surface area contributed by atoms with Gasteiger partial charge in [-0.25, -0.2) is 4.79 Å². The number of carbonyl (C=O) groups excluding carboxylic acids is 2. The van der Waals surface area contributed by atoms with Crippen molar-refractivity contribution in [2.75, 3.05) is 26.3 Å². The zero-order chi connectivity index (χ0) is 28.5. The van der Waals surface area contributed by atoms with Crippen molar-refractivity contribution in [1.82, 2.24) is 10.4 Å². The first-order valence-electron chi connectivity index (χ1n) is 13.5. The van der Waals surface area contributed by atoms with Crippen LogP contribution in [0.3, 0.4) is 0 Å². The van der Waals surface area contributed by atoms with Crippen LogP contribution in [0.25, 0.3) is 0 Å². The molecule has 0 radical (unpaired) electrons. The molecule has 39 heavy (non-hydrogen) atoms. The molecule has 0 aliphatic rings. The lowest BCUT2D eigenvalue weighted by molar-refractivity contribution is -0.175. The van der Waals surface area contributed by atoms with Gasteiger partial charge in [0.25, 0.3) is 0 Å². The van der Waals surface area contributed by atoms with Crippen molar-refractivity contribution in [2.45, 2.75) is 71.1 Å². The Hall–Kier alpha value is -3.18. The maximum absolute atomic E-state index is 11.4. The van der Waals surface area contributed by atoms with Gasteiger partial charge in [-0.05, 0) is 67.5 Å². The molecular formula is C29H43N3O7. The summed E-state index contributed by atoms with van der Waals surface area (Å²) in [6, 6.07) is 11.7. The van der Waals surface area contributed by atoms with Crippen molar-refractivity contribution in [1.29, 1.82) is 0 Å². The molecule has 1 atom stereocenters. The van der Waals surface area contributed by atoms with Gasteiger partial charge < -0.3 is 35.9 Å². The smallest absolute Gasteiger partial charge is 0.348 e. The van der Waals surface area contributed by atoms with Gasteiger partial charge in [0, 0.05) is 32.2 Å². The summed E-state index contributed by atoms with van der Waals surface area (Å²) in [6.45, 7) is 3.76. The van der Waals surface area contributed by atoms with E-state index in [1.54, 1.807) is 12.1 Å². The molecule has 216 valence electrons. The van der Waals surface area contributed by atoms with Gasteiger partial charge in [0.1, 0.15) is 5.75 Å². The number of aromatic hydroxyl groups is 1. The molecule has 0 saturated heterocycles. The number of hydrogen-bond acceptors (Lipinski definition) is 8. The molecule has 2 aromatic rings. The van der Waals surface area contributed by atoms with Crippen LogP contribution in [-0.2, 0) is 33.9 Å². The van der Waals surface area contributed by atoms with Gasteiger partial charge in [0.05, 0.1) is 19.3 Å². The lowest BCUT2D eigenvalue weighted by atomic mass is 10.1. The summed E-state index contributed by atoms with van der Waals surface area (Å²) in [6.07, 6.45) is 6.34. The zero-order valence-electron chi connectivity index (χ0n) is 22.8. The summed E-state index contributed by atoms with van der Waals surface area (Å²) in [4.78, 5) is 27.4. The van der Waals surface area contributed by atoms with Crippen molar-refractivity contribution in [3.63, 3.8) is 0 Å². The van der Waals surface area contributed by atoms with E-state index < -0.39 is 18.1 Å². The normalized spacial score (nSPS) is 11.8. The highest BCUT2D eigenvalue weighted by Crippen LogP contribution is 2.22. The fourth-order valence-corrected chi connectivity index (χ4v) is 4.10. The standard InChI is InChI=1S/C29H43N3O7/c1-22(34)39-32(29(30)37)20-24-11-8-10-23(17-24)9-4-7-16-38-15-6-3-2-5-14-31-19-28(36)25-12-13-27(35)26(18-25)21-33/h8,10-13,17-18,28,31,33,35-36H,2-7,9,14-16,19-21H2,1H3,(H2,30,37)/t28-/m0/s1. The molecule has 6 N–H and O–H groups in total. The Morgan fingerprint density at radius 3 is 2.44 bits per heavy atom. The van der Waals surface area contributed by atoms with E-state index in [9.17, 15) is 24.9 Å². The van der Waals surface area contributed by atoms with E-state index in [4.69, 9.17) is 15.3 Å². The monoisotopic (exact) mass is 545 g/mol. The maximum atomic E-state index is 11.4. The number of unbranched alkanes of at least 4 members (excludes halogenated alkanes) is 4. The first kappa shape index (κ1) is 32.0. The van der Waals surface area contributed by atoms with Crippen LogP contribution in [0.15, 0.2) is 42.5 Å². The highest BCUT2D eigenvalue weighted by atomic mass is 16.7. The summed E-state index contributed by atoms with van der Waals surface area (Å²) in [5.41, 5.74) is 8.32. The molecule has 10 heteroatoms. The van der Waals surface area contributed by atoms with Crippen LogP contribution in [0, 0.1) is 0 Å². The number of amides is 2. The van der Waals surface area contributed by atoms with E-state index in [2.05, 4.69) is 5.32 Å². The number of aliphatic hydroxyl groups excluding tert-OH is 2. The number of phenols is 1. The number of urea groups is 1. The highest BCUT2D eigenvalue weighted by Gasteiger charge is 2.14. The Morgan fingerprint density at radius 2 is 1.72 bits per heavy atom. The first-order chi connectivity index (χ1) is 18.8. The average molecular weight is 546 g/mol. The van der Waals surface area contributed by atoms with Crippen LogP contribution in [0.4, 0.5) is 4.79 Å². The highest BCUT2D eigenvalue weighted by molar-refractivity contribution is 5.74. The first-order valence-corrected chi connectivity index (χ1v) is 13.5. The minimum Gasteiger partial charge on any atom is -0.508 e. The third kappa shape index (κ3) is 12.9. The van der Waals surface area contributed by atoms with Crippen LogP contribution < -0.4 is 11.1 Å². The van der Waals surface area contributed by atoms with Crippen LogP contribution >= 0.6 is 0 Å². The number of aliphatic hydroxyl groups is 2. The quantitative estimate of drug-likeness (QED) is 0.141. The Morgan fingerprint density at radius 1 is 1.00 bits per heavy atom. The molecule has 0 saturated carbocycles. The van der Waals surface area contributed by atoms with Gasteiger partial charge in [-0.15, -0.1) is 5.06 Å². The van der Waals surface area contributed by atoms with E-state index >= 15 is 0 Å². The number of hydroxylamine groups is 2. The molecule has 10 nitrogen and oxygen atoms in total. The Kier molecular flexibility index (Phi) is 14.9. The molecule has 0 fully saturated rings. The second-order valence-electron chi connectivity index (χ2n) is 9.53. The van der Waals surface area contributed by atoms with Crippen molar-refractivity contribution >= 4 is 12.0 Å². The number of hydrogen-bond donors (Lipinski definition) is 5. The summed E-state index contributed by atoms with van der Waals surface area (Å²) < 4.78 is 5.76. The van der Waals surface area contributed by atoms with Gasteiger partial charge in [-0.2, -0.15) is 0 Å². The molecule has 0 unspecified atom stereocenters. The Bertz CT molecular complexity index is 1020. The Balaban J connectivity index is 1.47. The number of primary amides is 1. The van der Waals surface area contributed by atoms with Gasteiger partial charge >= 0.3 is 12.0 Å². The summed E-state index contributed by atoms with van der Waals surface area (Å²) >= 11 is 0. The topological polar surface area (TPSA) is 155 Å². The largest absolute Gasteiger partial charge is 0.508 e. The second-order valence-corrected chi connectivity index (χ2v) is 9.53. The van der Waals surface area contributed by atoms with E-state index in [0.717, 1.165) is 80.9 Å². The van der Waals surface area contributed by atoms with Crippen LogP contribution in [0.2, 0.25) is 0 Å². The molecule has 0 heterocycles. The van der Waals surface area contributed by atoms with Crippen molar-refractivity contribution in [3.8, 4) is 5.75 Å². The van der Waals surface area contributed by atoms with Gasteiger partial charge in [0.2, 0.25) is 0 Å². The number of carbonyl (C=O) groups is 2. The second kappa shape index (κ2) is 18.2.